The van der Waals surface area contributed by atoms with Crippen molar-refractivity contribution in [2.75, 3.05) is 18.5 Å². The first-order valence-electron chi connectivity index (χ1n) is 6.24. The smallest absolute Gasteiger partial charge is 0.323 e. The van der Waals surface area contributed by atoms with Crippen molar-refractivity contribution in [3.05, 3.63) is 40.0 Å². The average molecular weight is 325 g/mol. The second-order valence-corrected chi connectivity index (χ2v) is 5.35. The fourth-order valence-electron chi connectivity index (χ4n) is 1.83. The highest BCUT2D eigenvalue weighted by Gasteiger charge is 2.07. The van der Waals surface area contributed by atoms with Crippen LogP contribution in [-0.4, -0.2) is 19.2 Å². The van der Waals surface area contributed by atoms with Crippen molar-refractivity contribution in [2.45, 2.75) is 19.8 Å². The van der Waals surface area contributed by atoms with Crippen molar-refractivity contribution < 1.29 is 9.53 Å². The van der Waals surface area contributed by atoms with Crippen molar-refractivity contribution >= 4 is 27.6 Å². The molecule has 2 N–H and O–H groups in total. The monoisotopic (exact) mass is 324 g/mol. The maximum atomic E-state index is 11.8. The minimum Gasteiger partial charge on any atom is -0.381 e. The number of hydrogen-bond acceptors (Lipinski definition) is 2. The van der Waals surface area contributed by atoms with E-state index >= 15 is 0 Å². The Bertz CT molecular complexity index is 492. The number of hydrogen-bond donors (Lipinski definition) is 2. The third-order valence-corrected chi connectivity index (χ3v) is 3.57. The predicted octanol–water partition coefficient (Wildman–Crippen LogP) is 3.57. The molecule has 0 atom stereocenters. The van der Waals surface area contributed by atoms with Crippen LogP contribution in [0.3, 0.4) is 0 Å². The SMILES string of the molecule is Cc1ccc(NC(=O)NC=C2CCOCC2)c(Br)c1. The molecule has 19 heavy (non-hydrogen) atoms. The molecule has 0 radical (unpaired) electrons. The summed E-state index contributed by atoms with van der Waals surface area (Å²) in [5, 5.41) is 5.56. The Hall–Kier alpha value is -1.33. The van der Waals surface area contributed by atoms with Crippen LogP contribution in [0.1, 0.15) is 18.4 Å². The van der Waals surface area contributed by atoms with Gasteiger partial charge in [-0.3, -0.25) is 0 Å². The van der Waals surface area contributed by atoms with Crippen LogP contribution in [-0.2, 0) is 4.74 Å². The zero-order chi connectivity index (χ0) is 13.7. The third kappa shape index (κ3) is 4.36. The molecule has 0 bridgehead atoms. The summed E-state index contributed by atoms with van der Waals surface area (Å²) in [4.78, 5) is 11.8. The summed E-state index contributed by atoms with van der Waals surface area (Å²) in [6.07, 6.45) is 3.54. The molecule has 0 aromatic heterocycles. The van der Waals surface area contributed by atoms with Crippen LogP contribution in [0.4, 0.5) is 10.5 Å². The van der Waals surface area contributed by atoms with Gasteiger partial charge in [0, 0.05) is 10.7 Å². The zero-order valence-electron chi connectivity index (χ0n) is 10.8. The molecule has 0 unspecified atom stereocenters. The molecule has 1 aliphatic rings. The Morgan fingerprint density at radius 1 is 1.37 bits per heavy atom. The molecular formula is C14H17BrN2O2. The minimum atomic E-state index is -0.233. The molecule has 2 rings (SSSR count). The Kier molecular flexibility index (Phi) is 4.99. The van der Waals surface area contributed by atoms with Gasteiger partial charge in [0.2, 0.25) is 0 Å². The predicted molar refractivity (Wildman–Crippen MR) is 79.2 cm³/mol. The summed E-state index contributed by atoms with van der Waals surface area (Å²) in [7, 11) is 0. The van der Waals surface area contributed by atoms with E-state index in [4.69, 9.17) is 4.74 Å². The molecule has 0 spiro atoms. The van der Waals surface area contributed by atoms with Gasteiger partial charge in [0.1, 0.15) is 0 Å². The highest BCUT2D eigenvalue weighted by atomic mass is 79.9. The van der Waals surface area contributed by atoms with Crippen LogP contribution in [0.5, 0.6) is 0 Å². The number of nitrogens with one attached hydrogen (secondary N) is 2. The van der Waals surface area contributed by atoms with Crippen molar-refractivity contribution in [1.82, 2.24) is 5.32 Å². The highest BCUT2D eigenvalue weighted by molar-refractivity contribution is 9.10. The Morgan fingerprint density at radius 3 is 2.79 bits per heavy atom. The first kappa shape index (κ1) is 14.1. The van der Waals surface area contributed by atoms with E-state index in [1.54, 1.807) is 6.20 Å². The summed E-state index contributed by atoms with van der Waals surface area (Å²) in [5.74, 6) is 0. The second kappa shape index (κ2) is 6.73. The zero-order valence-corrected chi connectivity index (χ0v) is 12.4. The van der Waals surface area contributed by atoms with Gasteiger partial charge in [-0.25, -0.2) is 4.79 Å². The first-order chi connectivity index (χ1) is 9.15. The summed E-state index contributed by atoms with van der Waals surface area (Å²) in [5.41, 5.74) is 3.11. The van der Waals surface area contributed by atoms with Crippen LogP contribution in [0.15, 0.2) is 34.4 Å². The van der Waals surface area contributed by atoms with E-state index in [-0.39, 0.29) is 6.03 Å². The first-order valence-corrected chi connectivity index (χ1v) is 7.04. The van der Waals surface area contributed by atoms with Crippen LogP contribution in [0.25, 0.3) is 0 Å². The van der Waals surface area contributed by atoms with Crippen molar-refractivity contribution in [3.8, 4) is 0 Å². The molecule has 1 heterocycles. The number of aryl methyl sites for hydroxylation is 1. The number of rotatable bonds is 2. The Balaban J connectivity index is 1.90. The molecule has 0 aliphatic carbocycles. The molecule has 1 aliphatic heterocycles. The van der Waals surface area contributed by atoms with Crippen LogP contribution >= 0.6 is 15.9 Å². The third-order valence-electron chi connectivity index (χ3n) is 2.92. The largest absolute Gasteiger partial charge is 0.381 e. The quantitative estimate of drug-likeness (QED) is 0.873. The summed E-state index contributed by atoms with van der Waals surface area (Å²) in [6, 6.07) is 5.56. The van der Waals surface area contributed by atoms with E-state index in [0.29, 0.717) is 0 Å². The van der Waals surface area contributed by atoms with Gasteiger partial charge in [0.05, 0.1) is 18.9 Å². The topological polar surface area (TPSA) is 50.4 Å². The van der Waals surface area contributed by atoms with Gasteiger partial charge in [0.25, 0.3) is 0 Å². The Labute approximate surface area is 121 Å². The maximum Gasteiger partial charge on any atom is 0.323 e. The molecule has 1 aromatic carbocycles. The van der Waals surface area contributed by atoms with Crippen LogP contribution in [0.2, 0.25) is 0 Å². The molecule has 0 saturated carbocycles. The van der Waals surface area contributed by atoms with Crippen LogP contribution in [0, 0.1) is 6.92 Å². The second-order valence-electron chi connectivity index (χ2n) is 4.50. The number of urea groups is 1. The number of carbonyl (C=O) groups excluding carboxylic acids is 1. The average Bonchev–Trinajstić information content (AvgIpc) is 2.41. The number of halogens is 1. The van der Waals surface area contributed by atoms with E-state index < -0.39 is 0 Å². The molecule has 4 nitrogen and oxygen atoms in total. The standard InChI is InChI=1S/C14H17BrN2O2/c1-10-2-3-13(12(15)8-10)17-14(18)16-9-11-4-6-19-7-5-11/h2-3,8-9H,4-7H2,1H3,(H2,16,17,18). The number of amides is 2. The molecule has 1 fully saturated rings. The van der Waals surface area contributed by atoms with Crippen molar-refractivity contribution in [1.29, 1.82) is 0 Å². The minimum absolute atomic E-state index is 0.233. The number of anilines is 1. The van der Waals surface area contributed by atoms with Gasteiger partial charge in [-0.2, -0.15) is 0 Å². The summed E-state index contributed by atoms with van der Waals surface area (Å²) < 4.78 is 6.13. The van der Waals surface area contributed by atoms with Gasteiger partial charge in [-0.15, -0.1) is 0 Å². The van der Waals surface area contributed by atoms with Gasteiger partial charge in [-0.05, 0) is 59.0 Å². The number of carbonyl (C=O) groups is 1. The lowest BCUT2D eigenvalue weighted by atomic mass is 10.1. The lowest BCUT2D eigenvalue weighted by Crippen LogP contribution is -2.25. The van der Waals surface area contributed by atoms with Gasteiger partial charge < -0.3 is 15.4 Å². The van der Waals surface area contributed by atoms with E-state index in [9.17, 15) is 4.79 Å². The molecule has 1 aromatic rings. The normalized spacial score (nSPS) is 14.9. The van der Waals surface area contributed by atoms with Crippen molar-refractivity contribution in [3.63, 3.8) is 0 Å². The van der Waals surface area contributed by atoms with E-state index in [0.717, 1.165) is 41.8 Å². The lowest BCUT2D eigenvalue weighted by Gasteiger charge is -2.14. The van der Waals surface area contributed by atoms with Gasteiger partial charge in [0.15, 0.2) is 0 Å². The molecule has 5 heteroatoms. The summed E-state index contributed by atoms with van der Waals surface area (Å²) >= 11 is 3.43. The highest BCUT2D eigenvalue weighted by Crippen LogP contribution is 2.23. The number of ether oxygens (including phenoxy) is 1. The molecule has 102 valence electrons. The van der Waals surface area contributed by atoms with Crippen LogP contribution < -0.4 is 10.6 Å². The number of benzene rings is 1. The molecular weight excluding hydrogens is 308 g/mol. The fraction of sp³-hybridized carbons (Fsp3) is 0.357. The van der Waals surface area contributed by atoms with E-state index in [1.165, 1.54) is 5.57 Å². The molecule has 1 saturated heterocycles. The van der Waals surface area contributed by atoms with Crippen molar-refractivity contribution in [2.24, 2.45) is 0 Å². The van der Waals surface area contributed by atoms with E-state index in [2.05, 4.69) is 26.6 Å². The van der Waals surface area contributed by atoms with Gasteiger partial charge >= 0.3 is 6.03 Å². The maximum absolute atomic E-state index is 11.8. The summed E-state index contributed by atoms with van der Waals surface area (Å²) in [6.45, 7) is 3.47. The fourth-order valence-corrected chi connectivity index (χ4v) is 2.42. The van der Waals surface area contributed by atoms with E-state index in [1.807, 2.05) is 25.1 Å². The lowest BCUT2D eigenvalue weighted by molar-refractivity contribution is 0.119. The molecule has 2 amide bonds. The van der Waals surface area contributed by atoms with Gasteiger partial charge in [-0.1, -0.05) is 6.07 Å². The Morgan fingerprint density at radius 2 is 2.11 bits per heavy atom.